The molecule has 0 spiro atoms. The first-order valence-corrected chi connectivity index (χ1v) is 2.85. The van der Waals surface area contributed by atoms with E-state index in [1.165, 1.54) is 7.05 Å². The van der Waals surface area contributed by atoms with E-state index >= 15 is 0 Å². The molecule has 5 heteroatoms. The van der Waals surface area contributed by atoms with Gasteiger partial charge in [0.05, 0.1) is 6.07 Å². The van der Waals surface area contributed by atoms with Crippen molar-refractivity contribution in [1.29, 1.82) is 5.26 Å². The minimum atomic E-state index is -0.503. The Morgan fingerprint density at radius 3 is 2.64 bits per heavy atom. The lowest BCUT2D eigenvalue weighted by atomic mass is 10.4. The third-order valence-corrected chi connectivity index (χ3v) is 1.29. The average molecular weight is 151 g/mol. The highest BCUT2D eigenvalue weighted by molar-refractivity contribution is 6.11. The zero-order valence-electron chi connectivity index (χ0n) is 5.79. The van der Waals surface area contributed by atoms with Gasteiger partial charge in [0.25, 0.3) is 5.91 Å². The number of rotatable bonds is 0. The van der Waals surface area contributed by atoms with Crippen LogP contribution in [0.3, 0.4) is 0 Å². The lowest BCUT2D eigenvalue weighted by molar-refractivity contribution is -0.122. The van der Waals surface area contributed by atoms with Gasteiger partial charge in [-0.25, -0.2) is 4.79 Å². The number of hydrogen-bond acceptors (Lipinski definition) is 3. The number of hydrogen-bond donors (Lipinski definition) is 1. The van der Waals surface area contributed by atoms with Crippen LogP contribution in [0.4, 0.5) is 4.79 Å². The van der Waals surface area contributed by atoms with E-state index in [0.29, 0.717) is 0 Å². The molecule has 0 bridgehead atoms. The summed E-state index contributed by atoms with van der Waals surface area (Å²) in [4.78, 5) is 22.5. The van der Waals surface area contributed by atoms with Gasteiger partial charge in [0, 0.05) is 13.1 Å². The van der Waals surface area contributed by atoms with E-state index in [4.69, 9.17) is 5.26 Å². The molecule has 0 aromatic heterocycles. The first-order valence-electron chi connectivity index (χ1n) is 2.85. The predicted octanol–water partition coefficient (Wildman–Crippen LogP) is -0.425. The molecular formula is C6H5N3O2. The maximum atomic E-state index is 10.9. The van der Waals surface area contributed by atoms with Crippen LogP contribution in [0.25, 0.3) is 0 Å². The molecule has 1 aliphatic rings. The van der Waals surface area contributed by atoms with Gasteiger partial charge in [-0.3, -0.25) is 9.69 Å². The van der Waals surface area contributed by atoms with E-state index in [9.17, 15) is 9.59 Å². The number of amides is 3. The van der Waals surface area contributed by atoms with Crippen molar-refractivity contribution in [2.45, 2.75) is 0 Å². The molecular weight excluding hydrogens is 146 g/mol. The first-order chi connectivity index (χ1) is 5.16. The highest BCUT2D eigenvalue weighted by atomic mass is 16.2. The van der Waals surface area contributed by atoms with Crippen LogP contribution in [-0.2, 0) is 4.79 Å². The molecule has 0 atom stereocenters. The zero-order chi connectivity index (χ0) is 8.43. The second-order valence-electron chi connectivity index (χ2n) is 1.98. The highest BCUT2D eigenvalue weighted by Crippen LogP contribution is 2.05. The van der Waals surface area contributed by atoms with Crippen molar-refractivity contribution < 1.29 is 9.59 Å². The number of carbonyl (C=O) groups excluding carboxylic acids is 2. The summed E-state index contributed by atoms with van der Waals surface area (Å²) < 4.78 is 0. The normalized spacial score (nSPS) is 20.4. The van der Waals surface area contributed by atoms with Gasteiger partial charge >= 0.3 is 6.03 Å². The van der Waals surface area contributed by atoms with Gasteiger partial charge in [0.15, 0.2) is 0 Å². The summed E-state index contributed by atoms with van der Waals surface area (Å²) in [5.41, 5.74) is 0.0278. The molecule has 0 unspecified atom stereocenters. The molecule has 1 N–H and O–H groups in total. The summed E-state index contributed by atoms with van der Waals surface area (Å²) in [6.45, 7) is 0. The van der Waals surface area contributed by atoms with Crippen LogP contribution in [0.2, 0.25) is 0 Å². The molecule has 1 fully saturated rings. The lowest BCUT2D eigenvalue weighted by Crippen LogP contribution is -2.25. The van der Waals surface area contributed by atoms with Gasteiger partial charge in [-0.2, -0.15) is 5.26 Å². The Bertz CT molecular complexity index is 287. The zero-order valence-corrected chi connectivity index (χ0v) is 5.79. The topological polar surface area (TPSA) is 73.2 Å². The van der Waals surface area contributed by atoms with Gasteiger partial charge in [0.1, 0.15) is 5.70 Å². The van der Waals surface area contributed by atoms with Crippen LogP contribution in [0.1, 0.15) is 0 Å². The summed E-state index contributed by atoms with van der Waals surface area (Å²) in [6, 6.07) is 1.15. The Morgan fingerprint density at radius 1 is 1.64 bits per heavy atom. The van der Waals surface area contributed by atoms with Crippen LogP contribution >= 0.6 is 0 Å². The molecule has 56 valence electrons. The quantitative estimate of drug-likeness (QED) is 0.290. The molecule has 1 aliphatic heterocycles. The van der Waals surface area contributed by atoms with Crippen molar-refractivity contribution in [3.05, 3.63) is 11.8 Å². The molecule has 3 amide bonds. The van der Waals surface area contributed by atoms with E-state index < -0.39 is 11.9 Å². The largest absolute Gasteiger partial charge is 0.328 e. The van der Waals surface area contributed by atoms with Gasteiger partial charge in [-0.05, 0) is 0 Å². The van der Waals surface area contributed by atoms with Gasteiger partial charge < -0.3 is 5.32 Å². The monoisotopic (exact) mass is 151 g/mol. The number of nitrogens with zero attached hydrogens (tertiary/aromatic N) is 2. The van der Waals surface area contributed by atoms with Crippen molar-refractivity contribution in [2.75, 3.05) is 7.05 Å². The third-order valence-electron chi connectivity index (χ3n) is 1.29. The van der Waals surface area contributed by atoms with Gasteiger partial charge in [0.2, 0.25) is 0 Å². The Kier molecular flexibility index (Phi) is 1.60. The molecule has 0 aromatic carbocycles. The maximum Gasteiger partial charge on any atom is 0.328 e. The van der Waals surface area contributed by atoms with Gasteiger partial charge in [-0.1, -0.05) is 0 Å². The van der Waals surface area contributed by atoms with E-state index in [0.717, 1.165) is 11.0 Å². The second kappa shape index (κ2) is 2.42. The average Bonchev–Trinajstić information content (AvgIpc) is 2.19. The smallest absolute Gasteiger partial charge is 0.302 e. The van der Waals surface area contributed by atoms with E-state index in [1.54, 1.807) is 6.07 Å². The number of nitrogens with one attached hydrogen (secondary N) is 1. The number of likely N-dealkylation sites (N-methyl/N-ethyl adjacent to an activating group) is 1. The maximum absolute atomic E-state index is 10.9. The number of urea groups is 1. The molecule has 1 rings (SSSR count). The van der Waals surface area contributed by atoms with Crippen LogP contribution < -0.4 is 5.32 Å². The van der Waals surface area contributed by atoms with Crippen molar-refractivity contribution in [2.24, 2.45) is 0 Å². The fraction of sp³-hybridized carbons (Fsp3) is 0.167. The fourth-order valence-electron chi connectivity index (χ4n) is 0.688. The summed E-state index contributed by atoms with van der Waals surface area (Å²) in [5.74, 6) is -0.475. The number of allylic oxidation sites excluding steroid dienone is 1. The number of imide groups is 1. The molecule has 1 saturated heterocycles. The van der Waals surface area contributed by atoms with Crippen molar-refractivity contribution in [3.63, 3.8) is 0 Å². The van der Waals surface area contributed by atoms with Crippen LogP contribution in [0, 0.1) is 11.3 Å². The lowest BCUT2D eigenvalue weighted by Gasteiger charge is -1.98. The Hall–Kier alpha value is -1.83. The van der Waals surface area contributed by atoms with Crippen LogP contribution in [-0.4, -0.2) is 23.9 Å². The molecule has 0 aromatic rings. The van der Waals surface area contributed by atoms with Gasteiger partial charge in [-0.15, -0.1) is 0 Å². The van der Waals surface area contributed by atoms with Crippen molar-refractivity contribution in [3.8, 4) is 6.07 Å². The summed E-state index contributed by atoms with van der Waals surface area (Å²) in [5, 5.41) is 10.4. The molecule has 1 heterocycles. The Labute approximate surface area is 62.9 Å². The minimum absolute atomic E-state index is 0.0278. The molecule has 11 heavy (non-hydrogen) atoms. The predicted molar refractivity (Wildman–Crippen MR) is 35.0 cm³/mol. The molecule has 5 nitrogen and oxygen atoms in total. The Balaban J connectivity index is 2.94. The van der Waals surface area contributed by atoms with E-state index in [2.05, 4.69) is 5.32 Å². The van der Waals surface area contributed by atoms with Crippen molar-refractivity contribution >= 4 is 11.9 Å². The SMILES string of the molecule is CN1C(=O)N/C(=C\C#N)C1=O. The van der Waals surface area contributed by atoms with E-state index in [-0.39, 0.29) is 5.70 Å². The number of carbonyl (C=O) groups is 2. The second-order valence-corrected chi connectivity index (χ2v) is 1.98. The molecule has 0 aliphatic carbocycles. The van der Waals surface area contributed by atoms with E-state index in [1.807, 2.05) is 0 Å². The fourth-order valence-corrected chi connectivity index (χ4v) is 0.688. The first kappa shape index (κ1) is 7.28. The Morgan fingerprint density at radius 2 is 2.27 bits per heavy atom. The van der Waals surface area contributed by atoms with Crippen LogP contribution in [0.5, 0.6) is 0 Å². The summed E-state index contributed by atoms with van der Waals surface area (Å²) >= 11 is 0. The molecule has 0 radical (unpaired) electrons. The number of nitriles is 1. The molecule has 0 saturated carbocycles. The highest BCUT2D eigenvalue weighted by Gasteiger charge is 2.29. The third kappa shape index (κ3) is 1.05. The minimum Gasteiger partial charge on any atom is -0.302 e. The van der Waals surface area contributed by atoms with Crippen molar-refractivity contribution in [1.82, 2.24) is 10.2 Å². The standard InChI is InChI=1S/C6H5N3O2/c1-9-5(10)4(2-3-7)8-6(9)11/h2H,1H3,(H,8,11)/b4-2-. The van der Waals surface area contributed by atoms with Crippen LogP contribution in [0.15, 0.2) is 11.8 Å². The summed E-state index contributed by atoms with van der Waals surface area (Å²) in [7, 11) is 1.34. The summed E-state index contributed by atoms with van der Waals surface area (Å²) in [6.07, 6.45) is 1.00.